The van der Waals surface area contributed by atoms with E-state index >= 15 is 0 Å². The normalized spacial score (nSPS) is 15.2. The molecule has 0 spiro atoms. The molecule has 0 aromatic carbocycles. The fraction of sp³-hybridized carbons (Fsp3) is 0.326. The zero-order valence-corrected chi connectivity index (χ0v) is 78.0. The van der Waals surface area contributed by atoms with E-state index in [2.05, 4.69) is 89.7 Å². The number of hydrogen-bond acceptors (Lipinski definition) is 33. The third-order valence-corrected chi connectivity index (χ3v) is 26.5. The van der Waals surface area contributed by atoms with Crippen molar-refractivity contribution in [2.24, 2.45) is 0 Å². The van der Waals surface area contributed by atoms with Gasteiger partial charge in [0, 0.05) is 226 Å². The summed E-state index contributed by atoms with van der Waals surface area (Å²) in [5.74, 6) is 1.49. The number of likely N-dealkylation sites (tertiary alicyclic amines) is 4. The molecule has 0 aliphatic carbocycles. The molecule has 4 amide bonds. The number of H-pyrrole nitrogens is 4. The van der Waals surface area contributed by atoms with E-state index < -0.39 is 45.0 Å². The van der Waals surface area contributed by atoms with Crippen LogP contribution in [-0.2, 0) is 35.1 Å². The number of rotatable bonds is 13. The van der Waals surface area contributed by atoms with E-state index in [-0.39, 0.29) is 70.8 Å². The van der Waals surface area contributed by atoms with Gasteiger partial charge in [0.05, 0.1) is 108 Å². The molecule has 5 saturated heterocycles. The van der Waals surface area contributed by atoms with Crippen LogP contribution in [0.4, 0.5) is 5.95 Å². The first-order valence-corrected chi connectivity index (χ1v) is 46.9. The van der Waals surface area contributed by atoms with Crippen LogP contribution in [0.5, 0.6) is 0 Å². The van der Waals surface area contributed by atoms with Crippen molar-refractivity contribution in [3.8, 4) is 51.0 Å². The van der Waals surface area contributed by atoms with Crippen molar-refractivity contribution in [2.75, 3.05) is 89.8 Å². The Labute approximate surface area is 799 Å². The molecule has 22 rings (SSSR count). The molecule has 141 heavy (non-hydrogen) atoms. The molecule has 5 aliphatic rings. The van der Waals surface area contributed by atoms with Crippen LogP contribution in [0.15, 0.2) is 185 Å². The Morgan fingerprint density at radius 2 is 0.638 bits per heavy atom. The molecule has 45 nitrogen and oxygen atoms in total. The Kier molecular flexibility index (Phi) is 26.3. The second-order valence-electron chi connectivity index (χ2n) is 34.6. The number of fused-ring (bicyclic) bond motifs is 12. The van der Waals surface area contributed by atoms with Crippen LogP contribution in [0.25, 0.3) is 139 Å². The number of morpholine rings is 1. The van der Waals surface area contributed by atoms with E-state index in [0.717, 1.165) is 18.7 Å². The second-order valence-corrected chi connectivity index (χ2v) is 35.4. The smallest absolute Gasteiger partial charge is 0.329 e. The lowest BCUT2D eigenvalue weighted by Gasteiger charge is -2.32. The second kappa shape index (κ2) is 39.7. The lowest BCUT2D eigenvalue weighted by atomic mass is 10.0. The van der Waals surface area contributed by atoms with Gasteiger partial charge in [-0.05, 0) is 119 Å². The third kappa shape index (κ3) is 19.0. The van der Waals surface area contributed by atoms with Gasteiger partial charge in [0.25, 0.3) is 22.2 Å². The van der Waals surface area contributed by atoms with E-state index in [4.69, 9.17) is 24.7 Å². The van der Waals surface area contributed by atoms with Crippen molar-refractivity contribution in [3.05, 3.63) is 231 Å². The summed E-state index contributed by atoms with van der Waals surface area (Å²) in [6, 6.07) is 15.4. The minimum absolute atomic E-state index is 0.000350. The van der Waals surface area contributed by atoms with Crippen molar-refractivity contribution in [3.63, 3.8) is 0 Å². The highest BCUT2D eigenvalue weighted by Crippen LogP contribution is 2.36. The molecule has 716 valence electrons. The van der Waals surface area contributed by atoms with Gasteiger partial charge in [-0.3, -0.25) is 101 Å². The van der Waals surface area contributed by atoms with Crippen LogP contribution in [-0.4, -0.2) is 262 Å². The first kappa shape index (κ1) is 93.2. The fourth-order valence-corrected chi connectivity index (χ4v) is 19.0. The van der Waals surface area contributed by atoms with Gasteiger partial charge in [0.1, 0.15) is 33.7 Å². The molecule has 0 unspecified atom stereocenters. The summed E-state index contributed by atoms with van der Waals surface area (Å²) in [4.78, 5) is 252. The number of aromatic nitrogens is 26. The van der Waals surface area contributed by atoms with Crippen molar-refractivity contribution in [2.45, 2.75) is 122 Å². The van der Waals surface area contributed by atoms with Crippen molar-refractivity contribution >= 4 is 135 Å². The van der Waals surface area contributed by atoms with Crippen LogP contribution in [0.3, 0.4) is 0 Å². The molecule has 0 atom stereocenters. The van der Waals surface area contributed by atoms with E-state index in [9.17, 15) is 62.3 Å². The quantitative estimate of drug-likeness (QED) is 0.0586. The highest BCUT2D eigenvalue weighted by molar-refractivity contribution is 7.98. The summed E-state index contributed by atoms with van der Waals surface area (Å²) in [7, 11) is 0. The lowest BCUT2D eigenvalue weighted by molar-refractivity contribution is -0.130. The summed E-state index contributed by atoms with van der Waals surface area (Å²) in [6.45, 7) is 14.7. The Balaban J connectivity index is 0.000000120. The Morgan fingerprint density at radius 1 is 0.355 bits per heavy atom. The molecule has 22 heterocycles. The average molecular weight is 1920 g/mol. The minimum Gasteiger partial charge on any atom is -0.378 e. The third-order valence-electron chi connectivity index (χ3n) is 25.9. The number of pyridine rings is 8. The van der Waals surface area contributed by atoms with Crippen molar-refractivity contribution in [1.82, 2.24) is 147 Å². The van der Waals surface area contributed by atoms with Gasteiger partial charge >= 0.3 is 22.8 Å². The monoisotopic (exact) mass is 1920 g/mol. The Bertz CT molecular complexity index is 8330. The lowest BCUT2D eigenvalue weighted by Crippen LogP contribution is -2.41. The number of aromatic amines is 4. The first-order valence-electron chi connectivity index (χ1n) is 45.7. The number of amides is 4. The van der Waals surface area contributed by atoms with Gasteiger partial charge in [-0.15, -0.1) is 0 Å². The highest BCUT2D eigenvalue weighted by Gasteiger charge is 2.33. The number of Topliss-reactive ketones (excluding diaryl/α,β-unsaturated/α-hetero) is 1. The predicted octanol–water partition coefficient (Wildman–Crippen LogP) is 5.97. The molecular formula is C95H91N31O14S. The molecule has 5 aliphatic heterocycles. The zero-order chi connectivity index (χ0) is 98.1. The van der Waals surface area contributed by atoms with Crippen LogP contribution in [0.1, 0.15) is 116 Å². The number of thioether (sulfide) groups is 1. The summed E-state index contributed by atoms with van der Waals surface area (Å²) in [5.41, 5.74) is 6.86. The summed E-state index contributed by atoms with van der Waals surface area (Å²) >= 11 is 1.45. The van der Waals surface area contributed by atoms with E-state index in [1.165, 1.54) is 57.3 Å². The van der Waals surface area contributed by atoms with Crippen molar-refractivity contribution < 1.29 is 28.7 Å². The number of nitrogens with zero attached hydrogens (tertiary/aromatic N) is 27. The standard InChI is InChI=1S/C25H26N8O4.C24H21N9O3.C24H23N7O4.C22H21N7O3S/c1-15(34)31-6-4-17(5-7-31)33-22-18(23(35)30-25(33)36)14-26-20-3-2-19(29-21(20)22)16-12-27-24(28-13-16)32-8-10-37-11-9-32;1-14(34)31-9-5-16(6-10-31)33-21-17(22(35)30-24(33)36)13-25-19-4-3-18(29-20(19)21)15-11-26-23(27-12-15)32-8-2-7-28-32;1-13(32)9-20-26-10-15(11-27-20)18-3-4-19-21(28-18)22-17(12-25-19)23(34)29-24(35)31(22)16-5-7-30(8-6-16)14(2)33;1-12(30)28-7-5-14(6-8-28)29-19-15(20(31)27-22(29)32)11-23-17-4-3-16(26-18(17)19)13-9-24-21(33-2)25-10-13/h2-3,12-14,17H,4-11H2,1H3,(H,30,35,36);2-4,7-8,11-13,16H,5-6,9-10H2,1H3,(H,30,35,36);3-4,10-12,16H,5-9H2,1-2H3,(H,29,34,35);3-4,9-11,14H,5-8H2,1-2H3,(H,27,31,32). The molecule has 5 fully saturated rings. The largest absolute Gasteiger partial charge is 0.378 e. The Hall–Kier alpha value is -16.8. The van der Waals surface area contributed by atoms with E-state index in [0.29, 0.717) is 256 Å². The van der Waals surface area contributed by atoms with E-state index in [1.807, 2.05) is 30.5 Å². The maximum atomic E-state index is 13.1. The van der Waals surface area contributed by atoms with Crippen LogP contribution < -0.4 is 49.9 Å². The highest BCUT2D eigenvalue weighted by atomic mass is 32.2. The number of carbonyl (C=O) groups excluding carboxylic acids is 5. The number of anilines is 1. The van der Waals surface area contributed by atoms with Gasteiger partial charge in [-0.25, -0.2) is 83.7 Å². The molecule has 46 heteroatoms. The molecular weight excluding hydrogens is 1830 g/mol. The van der Waals surface area contributed by atoms with Gasteiger partial charge in [-0.2, -0.15) is 5.10 Å². The number of piperidine rings is 4. The van der Waals surface area contributed by atoms with Gasteiger partial charge in [0.15, 0.2) is 5.16 Å². The molecule has 0 radical (unpaired) electrons. The maximum Gasteiger partial charge on any atom is 0.329 e. The minimum atomic E-state index is -0.527. The van der Waals surface area contributed by atoms with Crippen LogP contribution in [0.2, 0.25) is 0 Å². The molecule has 0 bridgehead atoms. The number of nitrogens with one attached hydrogen (secondary N) is 4. The topological polar surface area (TPSA) is 554 Å². The summed E-state index contributed by atoms with van der Waals surface area (Å²) in [5, 5.41) is 5.93. The number of carbonyl (C=O) groups is 5. The molecule has 0 saturated carbocycles. The summed E-state index contributed by atoms with van der Waals surface area (Å²) in [6.07, 6.45) is 29.4. The van der Waals surface area contributed by atoms with Gasteiger partial charge < -0.3 is 29.2 Å². The van der Waals surface area contributed by atoms with Crippen LogP contribution >= 0.6 is 11.8 Å². The summed E-state index contributed by atoms with van der Waals surface area (Å²) < 4.78 is 13.4. The number of ketones is 1. The first-order chi connectivity index (χ1) is 68.3. The SMILES string of the molecule is CC(=O)Cc1ncc(-c2ccc3ncc4c(=O)[nH]c(=O)n(C5CCN(C(C)=O)CC5)c4c3n2)cn1.CC(=O)N1CCC(n2c(=O)[nH]c(=O)c3cnc4ccc(-c5cnc(-n6cccn6)nc5)nc4c32)CC1.CC(=O)N1CCC(n2c(=O)[nH]c(=O)c3cnc4ccc(-c5cnc(N6CCOCC6)nc5)nc4c32)CC1.CSc1ncc(-c2ccc3ncc4c(=O)[nH]c(=O)n(C5CCN(C(C)=O)CC5)c4c3n2)cn1. The zero-order valence-electron chi connectivity index (χ0n) is 77.1. The number of ether oxygens (including phenoxy) is 1. The average Bonchev–Trinajstić information content (AvgIpc) is 0.904. The fourth-order valence-electron chi connectivity index (χ4n) is 18.6. The molecule has 17 aromatic rings. The molecule has 4 N–H and O–H groups in total. The maximum absolute atomic E-state index is 13.1. The van der Waals surface area contributed by atoms with Crippen molar-refractivity contribution in [1.29, 1.82) is 0 Å². The van der Waals surface area contributed by atoms with Gasteiger partial charge in [-0.1, -0.05) is 11.8 Å². The van der Waals surface area contributed by atoms with E-state index in [1.54, 1.807) is 149 Å². The predicted molar refractivity (Wildman–Crippen MR) is 520 cm³/mol. The van der Waals surface area contributed by atoms with Crippen LogP contribution in [0, 0.1) is 0 Å². The van der Waals surface area contributed by atoms with Gasteiger partial charge in [0.2, 0.25) is 35.5 Å². The number of hydrogen-bond donors (Lipinski definition) is 4. The Morgan fingerprint density at radius 3 is 0.908 bits per heavy atom. The molecule has 17 aromatic heterocycles.